The predicted molar refractivity (Wildman–Crippen MR) is 82.5 cm³/mol. The first-order valence-electron chi connectivity index (χ1n) is 7.19. The molecule has 0 amide bonds. The first kappa shape index (κ1) is 15.1. The van der Waals surface area contributed by atoms with Crippen LogP contribution in [0.5, 0.6) is 5.88 Å². The van der Waals surface area contributed by atoms with E-state index in [9.17, 15) is 0 Å². The number of fused-ring (bicyclic) bond motifs is 1. The van der Waals surface area contributed by atoms with Gasteiger partial charge >= 0.3 is 0 Å². The van der Waals surface area contributed by atoms with Crippen LogP contribution in [0.4, 0.5) is 0 Å². The fourth-order valence-corrected chi connectivity index (χ4v) is 2.68. The van der Waals surface area contributed by atoms with E-state index in [0.29, 0.717) is 17.8 Å². The van der Waals surface area contributed by atoms with E-state index in [-0.39, 0.29) is 0 Å². The molecule has 2 aromatic heterocycles. The number of halogens is 1. The number of aromatic nitrogens is 3. The normalized spacial score (nSPS) is 12.8. The van der Waals surface area contributed by atoms with Crippen LogP contribution < -0.4 is 4.74 Å². The summed E-state index contributed by atoms with van der Waals surface area (Å²) in [6.07, 6.45) is 4.81. The van der Waals surface area contributed by atoms with Crippen LogP contribution in [0.15, 0.2) is 12.1 Å². The van der Waals surface area contributed by atoms with Crippen LogP contribution in [-0.4, -0.2) is 21.6 Å². The summed E-state index contributed by atoms with van der Waals surface area (Å²) in [5.41, 5.74) is 1.74. The average Bonchev–Trinajstić information content (AvgIpc) is 2.84. The third kappa shape index (κ3) is 3.06. The first-order chi connectivity index (χ1) is 9.71. The van der Waals surface area contributed by atoms with Crippen LogP contribution in [0.25, 0.3) is 11.2 Å². The second-order valence-corrected chi connectivity index (χ2v) is 5.34. The lowest BCUT2D eigenvalue weighted by Gasteiger charge is -2.16. The van der Waals surface area contributed by atoms with Crippen molar-refractivity contribution in [3.8, 4) is 5.88 Å². The Labute approximate surface area is 125 Å². The van der Waals surface area contributed by atoms with Crippen LogP contribution in [-0.2, 0) is 5.88 Å². The number of ether oxygens (including phenoxy) is 1. The van der Waals surface area contributed by atoms with E-state index in [1.165, 1.54) is 19.3 Å². The van der Waals surface area contributed by atoms with Gasteiger partial charge in [-0.15, -0.1) is 11.6 Å². The van der Waals surface area contributed by atoms with E-state index in [2.05, 4.69) is 28.4 Å². The molecule has 2 rings (SSSR count). The van der Waals surface area contributed by atoms with Gasteiger partial charge in [-0.25, -0.2) is 4.98 Å². The summed E-state index contributed by atoms with van der Waals surface area (Å²) in [6, 6.07) is 4.12. The van der Waals surface area contributed by atoms with Crippen molar-refractivity contribution in [2.75, 3.05) is 7.11 Å². The molecule has 0 aromatic carbocycles. The first-order valence-corrected chi connectivity index (χ1v) is 7.72. The number of hydrogen-bond donors (Lipinski definition) is 0. The van der Waals surface area contributed by atoms with Gasteiger partial charge in [0.2, 0.25) is 5.88 Å². The largest absolute Gasteiger partial charge is 0.481 e. The molecule has 0 aliphatic carbocycles. The second kappa shape index (κ2) is 6.93. The Balaban J connectivity index is 2.37. The van der Waals surface area contributed by atoms with Gasteiger partial charge in [0, 0.05) is 12.1 Å². The summed E-state index contributed by atoms with van der Waals surface area (Å²) in [6.45, 7) is 4.42. The van der Waals surface area contributed by atoms with Gasteiger partial charge < -0.3 is 9.30 Å². The number of nitrogens with zero attached hydrogens (tertiary/aromatic N) is 3. The monoisotopic (exact) mass is 295 g/mol. The van der Waals surface area contributed by atoms with Gasteiger partial charge in [-0.1, -0.05) is 26.2 Å². The summed E-state index contributed by atoms with van der Waals surface area (Å²) < 4.78 is 7.37. The topological polar surface area (TPSA) is 39.9 Å². The average molecular weight is 296 g/mol. The summed E-state index contributed by atoms with van der Waals surface area (Å²) in [5.74, 6) is 1.89. The lowest BCUT2D eigenvalue weighted by atomic mass is 10.1. The van der Waals surface area contributed by atoms with Gasteiger partial charge in [0.25, 0.3) is 0 Å². The molecule has 0 aliphatic heterocycles. The van der Waals surface area contributed by atoms with Crippen molar-refractivity contribution < 1.29 is 4.74 Å². The van der Waals surface area contributed by atoms with Crippen molar-refractivity contribution in [1.29, 1.82) is 0 Å². The van der Waals surface area contributed by atoms with E-state index in [0.717, 1.165) is 23.4 Å². The molecule has 0 spiro atoms. The molecule has 0 fully saturated rings. The molecule has 110 valence electrons. The van der Waals surface area contributed by atoms with Gasteiger partial charge in [-0.3, -0.25) is 0 Å². The minimum Gasteiger partial charge on any atom is -0.481 e. The van der Waals surface area contributed by atoms with Crippen molar-refractivity contribution >= 4 is 22.8 Å². The maximum Gasteiger partial charge on any atom is 0.215 e. The van der Waals surface area contributed by atoms with Gasteiger partial charge in [0.15, 0.2) is 5.65 Å². The fourth-order valence-electron chi connectivity index (χ4n) is 2.49. The van der Waals surface area contributed by atoms with Crippen molar-refractivity contribution in [3.05, 3.63) is 18.0 Å². The highest BCUT2D eigenvalue weighted by Crippen LogP contribution is 2.26. The number of alkyl halides is 1. The third-order valence-corrected chi connectivity index (χ3v) is 3.82. The molecule has 5 heteroatoms. The highest BCUT2D eigenvalue weighted by Gasteiger charge is 2.16. The Morgan fingerprint density at radius 1 is 1.30 bits per heavy atom. The number of imidazole rings is 1. The van der Waals surface area contributed by atoms with Crippen LogP contribution in [0.1, 0.15) is 51.4 Å². The molecular weight excluding hydrogens is 274 g/mol. The molecule has 4 nitrogen and oxygen atoms in total. The molecule has 0 saturated carbocycles. The molecule has 0 bridgehead atoms. The van der Waals surface area contributed by atoms with Crippen molar-refractivity contribution in [1.82, 2.24) is 14.5 Å². The van der Waals surface area contributed by atoms with Crippen molar-refractivity contribution in [2.45, 2.75) is 51.5 Å². The SMILES string of the molecule is CCCCCC(C)n1c(CCl)nc2ccc(OC)nc21. The Bertz CT molecular complexity index is 567. The van der Waals surface area contributed by atoms with Crippen LogP contribution >= 0.6 is 11.6 Å². The zero-order valence-electron chi connectivity index (χ0n) is 12.4. The molecule has 0 aliphatic rings. The Hall–Kier alpha value is -1.29. The molecule has 0 N–H and O–H groups in total. The molecule has 2 heterocycles. The van der Waals surface area contributed by atoms with Gasteiger partial charge in [-0.2, -0.15) is 4.98 Å². The minimum atomic E-state index is 0.347. The van der Waals surface area contributed by atoms with Gasteiger partial charge in [-0.05, 0) is 19.4 Å². The second-order valence-electron chi connectivity index (χ2n) is 5.07. The Morgan fingerprint density at radius 2 is 2.10 bits per heavy atom. The Kier molecular flexibility index (Phi) is 5.24. The zero-order chi connectivity index (χ0) is 14.5. The van der Waals surface area contributed by atoms with E-state index in [1.807, 2.05) is 12.1 Å². The van der Waals surface area contributed by atoms with Gasteiger partial charge in [0.05, 0.1) is 13.0 Å². The molecular formula is C15H22ClN3O. The standard InChI is InChI=1S/C15H22ClN3O/c1-4-5-6-7-11(2)19-13(10-16)17-12-8-9-14(20-3)18-15(12)19/h8-9,11H,4-7,10H2,1-3H3. The number of unbranched alkanes of at least 4 members (excludes halogenated alkanes) is 2. The maximum absolute atomic E-state index is 6.04. The summed E-state index contributed by atoms with van der Waals surface area (Å²) in [5, 5.41) is 0. The van der Waals surface area contributed by atoms with E-state index in [4.69, 9.17) is 16.3 Å². The van der Waals surface area contributed by atoms with Crippen LogP contribution in [0, 0.1) is 0 Å². The predicted octanol–water partition coefficient (Wildman–Crippen LogP) is 4.32. The number of pyridine rings is 1. The highest BCUT2D eigenvalue weighted by molar-refractivity contribution is 6.16. The summed E-state index contributed by atoms with van der Waals surface area (Å²) >= 11 is 6.04. The van der Waals surface area contributed by atoms with Crippen molar-refractivity contribution in [3.63, 3.8) is 0 Å². The van der Waals surface area contributed by atoms with Crippen molar-refractivity contribution in [2.24, 2.45) is 0 Å². The lowest BCUT2D eigenvalue weighted by Crippen LogP contribution is -2.09. The maximum atomic E-state index is 6.04. The number of rotatable bonds is 7. The van der Waals surface area contributed by atoms with Crippen LogP contribution in [0.2, 0.25) is 0 Å². The molecule has 2 aromatic rings. The smallest absolute Gasteiger partial charge is 0.215 e. The summed E-state index contributed by atoms with van der Waals surface area (Å²) in [4.78, 5) is 9.10. The third-order valence-electron chi connectivity index (χ3n) is 3.58. The molecule has 0 saturated heterocycles. The number of hydrogen-bond acceptors (Lipinski definition) is 3. The molecule has 20 heavy (non-hydrogen) atoms. The minimum absolute atomic E-state index is 0.347. The van der Waals surface area contributed by atoms with E-state index < -0.39 is 0 Å². The molecule has 0 radical (unpaired) electrons. The highest BCUT2D eigenvalue weighted by atomic mass is 35.5. The van der Waals surface area contributed by atoms with E-state index in [1.54, 1.807) is 7.11 Å². The quantitative estimate of drug-likeness (QED) is 0.564. The lowest BCUT2D eigenvalue weighted by molar-refractivity contribution is 0.397. The zero-order valence-corrected chi connectivity index (χ0v) is 13.2. The number of methoxy groups -OCH3 is 1. The summed E-state index contributed by atoms with van der Waals surface area (Å²) in [7, 11) is 1.63. The fraction of sp³-hybridized carbons (Fsp3) is 0.600. The molecule has 1 atom stereocenters. The van der Waals surface area contributed by atoms with E-state index >= 15 is 0 Å². The van der Waals surface area contributed by atoms with Gasteiger partial charge in [0.1, 0.15) is 11.3 Å². The molecule has 1 unspecified atom stereocenters. The Morgan fingerprint density at radius 3 is 2.75 bits per heavy atom. The van der Waals surface area contributed by atoms with Crippen LogP contribution in [0.3, 0.4) is 0 Å².